The highest BCUT2D eigenvalue weighted by Gasteiger charge is 2.46. The third-order valence-electron chi connectivity index (χ3n) is 2.20. The molecule has 0 bridgehead atoms. The van der Waals surface area contributed by atoms with E-state index < -0.39 is 5.97 Å². The molecule has 5 nitrogen and oxygen atoms in total. The van der Waals surface area contributed by atoms with E-state index in [1.165, 1.54) is 0 Å². The molecule has 0 aliphatic carbocycles. The summed E-state index contributed by atoms with van der Waals surface area (Å²) in [4.78, 5) is 9.19. The van der Waals surface area contributed by atoms with Crippen molar-refractivity contribution in [2.45, 2.75) is 19.3 Å². The molecular weight excluding hydrogens is 204 g/mol. The maximum absolute atomic E-state index is 5.80. The number of nitrogens with zero attached hydrogens (tertiary/aromatic N) is 2. The summed E-state index contributed by atoms with van der Waals surface area (Å²) >= 11 is 0. The standard InChI is InChI=1S/C8H20N4O.ClH/c1-4-12(8(9)10-13-8)7-5-6-11(2)3;/h10H,4-7,9H2,1-3H3;1H. The first-order chi connectivity index (χ1) is 6.08. The second-order valence-corrected chi connectivity index (χ2v) is 3.64. The Balaban J connectivity index is 0.00000169. The topological polar surface area (TPSA) is 67.0 Å². The lowest BCUT2D eigenvalue weighted by atomic mass is 10.3. The fourth-order valence-electron chi connectivity index (χ4n) is 1.32. The molecule has 1 fully saturated rings. The highest BCUT2D eigenvalue weighted by atomic mass is 35.5. The summed E-state index contributed by atoms with van der Waals surface area (Å²) < 4.78 is 0. The molecule has 0 aromatic carbocycles. The third kappa shape index (κ3) is 4.08. The van der Waals surface area contributed by atoms with Crippen LogP contribution in [-0.2, 0) is 4.84 Å². The van der Waals surface area contributed by atoms with Gasteiger partial charge in [-0.3, -0.25) is 5.73 Å². The van der Waals surface area contributed by atoms with Crippen molar-refractivity contribution in [3.8, 4) is 0 Å². The van der Waals surface area contributed by atoms with Crippen LogP contribution < -0.4 is 11.2 Å². The highest BCUT2D eigenvalue weighted by Crippen LogP contribution is 2.17. The number of nitrogens with one attached hydrogen (secondary N) is 1. The Labute approximate surface area is 91.9 Å². The van der Waals surface area contributed by atoms with Crippen molar-refractivity contribution in [1.82, 2.24) is 15.3 Å². The lowest BCUT2D eigenvalue weighted by molar-refractivity contribution is 0.0848. The van der Waals surface area contributed by atoms with Crippen LogP contribution in [0.3, 0.4) is 0 Å². The van der Waals surface area contributed by atoms with Gasteiger partial charge < -0.3 is 4.90 Å². The average Bonchev–Trinajstić information content (AvgIpc) is 2.78. The smallest absolute Gasteiger partial charge is 0.275 e. The van der Waals surface area contributed by atoms with Gasteiger partial charge in [0.2, 0.25) is 0 Å². The van der Waals surface area contributed by atoms with Gasteiger partial charge in [0.05, 0.1) is 0 Å². The van der Waals surface area contributed by atoms with E-state index >= 15 is 0 Å². The van der Waals surface area contributed by atoms with Gasteiger partial charge in [0.15, 0.2) is 0 Å². The molecule has 1 unspecified atom stereocenters. The molecule has 1 heterocycles. The van der Waals surface area contributed by atoms with Crippen LogP contribution in [0.4, 0.5) is 0 Å². The van der Waals surface area contributed by atoms with Crippen molar-refractivity contribution in [2.75, 3.05) is 33.7 Å². The van der Waals surface area contributed by atoms with Gasteiger partial charge in [-0.1, -0.05) is 6.92 Å². The molecule has 0 aromatic rings. The van der Waals surface area contributed by atoms with E-state index in [1.807, 2.05) is 0 Å². The largest absolute Gasteiger partial charge is 0.309 e. The molecule has 14 heavy (non-hydrogen) atoms. The summed E-state index contributed by atoms with van der Waals surface area (Å²) in [6.45, 7) is 5.01. The summed E-state index contributed by atoms with van der Waals surface area (Å²) in [7, 11) is 4.14. The molecule has 0 saturated carbocycles. The van der Waals surface area contributed by atoms with Crippen LogP contribution in [-0.4, -0.2) is 49.5 Å². The average molecular weight is 225 g/mol. The first-order valence-corrected chi connectivity index (χ1v) is 4.72. The van der Waals surface area contributed by atoms with Crippen molar-refractivity contribution in [2.24, 2.45) is 5.73 Å². The fraction of sp³-hybridized carbons (Fsp3) is 1.00. The molecular formula is C8H21ClN4O. The number of hydrogen-bond acceptors (Lipinski definition) is 5. The maximum Gasteiger partial charge on any atom is 0.275 e. The number of hydrogen-bond donors (Lipinski definition) is 2. The van der Waals surface area contributed by atoms with Crippen LogP contribution >= 0.6 is 12.4 Å². The van der Waals surface area contributed by atoms with Crippen molar-refractivity contribution in [3.63, 3.8) is 0 Å². The monoisotopic (exact) mass is 224 g/mol. The number of rotatable bonds is 6. The summed E-state index contributed by atoms with van der Waals surface area (Å²) in [5.74, 6) is -0.680. The quantitative estimate of drug-likeness (QED) is 0.483. The maximum atomic E-state index is 5.80. The predicted octanol–water partition coefficient (Wildman–Crippen LogP) is -0.213. The van der Waals surface area contributed by atoms with E-state index in [4.69, 9.17) is 10.6 Å². The summed E-state index contributed by atoms with van der Waals surface area (Å²) in [5.41, 5.74) is 8.49. The Kier molecular flexibility index (Phi) is 5.88. The van der Waals surface area contributed by atoms with Crippen LogP contribution in [0.1, 0.15) is 13.3 Å². The first-order valence-electron chi connectivity index (χ1n) is 4.72. The lowest BCUT2D eigenvalue weighted by Gasteiger charge is -2.23. The fourth-order valence-corrected chi connectivity index (χ4v) is 1.32. The zero-order valence-electron chi connectivity index (χ0n) is 9.12. The molecule has 1 saturated heterocycles. The van der Waals surface area contributed by atoms with E-state index in [9.17, 15) is 0 Å². The summed E-state index contributed by atoms with van der Waals surface area (Å²) in [5, 5.41) is 0. The molecule has 1 rings (SSSR count). The molecule has 0 spiro atoms. The highest BCUT2D eigenvalue weighted by molar-refractivity contribution is 5.85. The molecule has 1 aliphatic heterocycles. The van der Waals surface area contributed by atoms with Gasteiger partial charge in [-0.15, -0.1) is 17.9 Å². The third-order valence-corrected chi connectivity index (χ3v) is 2.20. The zero-order chi connectivity index (χ0) is 9.90. The number of hydroxylamine groups is 1. The van der Waals surface area contributed by atoms with Gasteiger partial charge in [-0.25, -0.2) is 9.74 Å². The Morgan fingerprint density at radius 3 is 2.29 bits per heavy atom. The zero-order valence-corrected chi connectivity index (χ0v) is 9.93. The van der Waals surface area contributed by atoms with E-state index in [0.29, 0.717) is 0 Å². The number of nitrogens with two attached hydrogens (primary N) is 1. The Morgan fingerprint density at radius 2 is 1.93 bits per heavy atom. The van der Waals surface area contributed by atoms with Crippen LogP contribution in [0.5, 0.6) is 0 Å². The van der Waals surface area contributed by atoms with Crippen molar-refractivity contribution in [1.29, 1.82) is 0 Å². The molecule has 6 heteroatoms. The van der Waals surface area contributed by atoms with E-state index in [1.54, 1.807) is 0 Å². The van der Waals surface area contributed by atoms with Gasteiger partial charge >= 0.3 is 0 Å². The van der Waals surface area contributed by atoms with Gasteiger partial charge in [0.1, 0.15) is 0 Å². The molecule has 86 valence electrons. The molecule has 0 radical (unpaired) electrons. The minimum absolute atomic E-state index is 0. The van der Waals surface area contributed by atoms with E-state index in [0.717, 1.165) is 26.1 Å². The second kappa shape index (κ2) is 5.85. The van der Waals surface area contributed by atoms with Crippen LogP contribution in [0, 0.1) is 0 Å². The molecule has 1 atom stereocenters. The molecule has 1 aliphatic rings. The Hall–Kier alpha value is 0.0900. The van der Waals surface area contributed by atoms with Crippen molar-refractivity contribution in [3.05, 3.63) is 0 Å². The summed E-state index contributed by atoms with van der Waals surface area (Å²) in [6, 6.07) is 0. The van der Waals surface area contributed by atoms with E-state index in [-0.39, 0.29) is 12.4 Å². The van der Waals surface area contributed by atoms with Crippen LogP contribution in [0.2, 0.25) is 0 Å². The normalized spacial score (nSPS) is 25.3. The van der Waals surface area contributed by atoms with Gasteiger partial charge in [-0.05, 0) is 27.1 Å². The minimum Gasteiger partial charge on any atom is -0.309 e. The lowest BCUT2D eigenvalue weighted by Crippen LogP contribution is -2.48. The minimum atomic E-state index is -0.680. The Morgan fingerprint density at radius 1 is 1.36 bits per heavy atom. The Bertz CT molecular complexity index is 163. The number of halogens is 1. The predicted molar refractivity (Wildman–Crippen MR) is 58.8 cm³/mol. The van der Waals surface area contributed by atoms with Crippen molar-refractivity contribution >= 4 is 12.4 Å². The van der Waals surface area contributed by atoms with Gasteiger partial charge in [0.25, 0.3) is 5.97 Å². The van der Waals surface area contributed by atoms with Gasteiger partial charge in [0, 0.05) is 13.1 Å². The molecule has 3 N–H and O–H groups in total. The van der Waals surface area contributed by atoms with Crippen molar-refractivity contribution < 1.29 is 4.84 Å². The van der Waals surface area contributed by atoms with Gasteiger partial charge in [-0.2, -0.15) is 0 Å². The van der Waals surface area contributed by atoms with E-state index in [2.05, 4.69) is 36.3 Å². The first kappa shape index (κ1) is 14.1. The summed E-state index contributed by atoms with van der Waals surface area (Å²) in [6.07, 6.45) is 1.10. The SMILES string of the molecule is CCN(CCCN(C)C)C1(N)NO1.Cl. The van der Waals surface area contributed by atoms with Crippen LogP contribution in [0.25, 0.3) is 0 Å². The molecule has 0 amide bonds. The van der Waals surface area contributed by atoms with Crippen LogP contribution in [0.15, 0.2) is 0 Å². The molecule has 0 aromatic heterocycles. The second-order valence-electron chi connectivity index (χ2n) is 3.64.